The van der Waals surface area contributed by atoms with Gasteiger partial charge in [0, 0.05) is 6.61 Å². The van der Waals surface area contributed by atoms with Crippen molar-refractivity contribution in [3.05, 3.63) is 0 Å². The molecule has 0 spiro atoms. The van der Waals surface area contributed by atoms with Crippen molar-refractivity contribution in [2.45, 2.75) is 6.92 Å². The Kier molecular flexibility index (Phi) is 3.35. The lowest BCUT2D eigenvalue weighted by molar-refractivity contribution is 0.196. The minimum absolute atomic E-state index is 0.393. The first-order valence-corrected chi connectivity index (χ1v) is 3.25. The van der Waals surface area contributed by atoms with E-state index >= 15 is 0 Å². The van der Waals surface area contributed by atoms with Crippen LogP contribution in [0, 0.1) is 0 Å². The minimum atomic E-state index is -2.67. The maximum atomic E-state index is 8.02. The van der Waals surface area contributed by atoms with Gasteiger partial charge in [0.05, 0.1) is 0 Å². The van der Waals surface area contributed by atoms with Crippen molar-refractivity contribution < 1.29 is 14.0 Å². The van der Waals surface area contributed by atoms with Crippen LogP contribution in [-0.4, -0.2) is 25.7 Å². The van der Waals surface area contributed by atoms with Crippen LogP contribution in [0.3, 0.4) is 0 Å². The summed E-state index contributed by atoms with van der Waals surface area (Å²) in [6.07, 6.45) is 0. The molecule has 0 aromatic heterocycles. The van der Waals surface area contributed by atoms with E-state index in [4.69, 9.17) is 9.59 Å². The largest absolute Gasteiger partial charge is 0.478 e. The van der Waals surface area contributed by atoms with Gasteiger partial charge in [0.1, 0.15) is 0 Å². The van der Waals surface area contributed by atoms with Crippen molar-refractivity contribution >= 4 is 9.53 Å². The molecule has 0 aromatic carbocycles. The SMILES string of the molecule is CCO[SiH](O)O. The highest BCUT2D eigenvalue weighted by Crippen LogP contribution is 1.69. The molecule has 4 heteroatoms. The molecule has 0 saturated carbocycles. The van der Waals surface area contributed by atoms with Gasteiger partial charge in [-0.2, -0.15) is 0 Å². The Labute approximate surface area is 38.2 Å². The maximum Gasteiger partial charge on any atom is 0.478 e. The Hall–Kier alpha value is 0.0969. The number of rotatable bonds is 2. The first-order valence-electron chi connectivity index (χ1n) is 1.75. The summed E-state index contributed by atoms with van der Waals surface area (Å²) in [6.45, 7) is 2.11. The van der Waals surface area contributed by atoms with Gasteiger partial charge < -0.3 is 14.0 Å². The second kappa shape index (κ2) is 3.29. The zero-order chi connectivity index (χ0) is 4.99. The van der Waals surface area contributed by atoms with E-state index in [-0.39, 0.29) is 0 Å². The van der Waals surface area contributed by atoms with Crippen LogP contribution in [0.2, 0.25) is 0 Å². The van der Waals surface area contributed by atoms with Crippen molar-refractivity contribution in [1.82, 2.24) is 0 Å². The van der Waals surface area contributed by atoms with Gasteiger partial charge in [-0.15, -0.1) is 0 Å². The van der Waals surface area contributed by atoms with E-state index in [1.54, 1.807) is 6.92 Å². The second-order valence-corrected chi connectivity index (χ2v) is 1.77. The third kappa shape index (κ3) is 4.10. The van der Waals surface area contributed by atoms with Crippen molar-refractivity contribution in [3.8, 4) is 0 Å². The predicted octanol–water partition coefficient (Wildman–Crippen LogP) is -1.28. The zero-order valence-corrected chi connectivity index (χ0v) is 4.74. The summed E-state index contributed by atoms with van der Waals surface area (Å²) in [5.41, 5.74) is 0. The molecule has 0 saturated heterocycles. The molecule has 0 radical (unpaired) electrons. The van der Waals surface area contributed by atoms with E-state index in [2.05, 4.69) is 4.43 Å². The average molecular weight is 108 g/mol. The Bertz CT molecular complexity index is 30.0. The molecule has 0 rings (SSSR count). The quantitative estimate of drug-likeness (QED) is 0.433. The second-order valence-electron chi connectivity index (χ2n) is 0.782. The molecule has 3 nitrogen and oxygen atoms in total. The molecule has 0 aliphatic heterocycles. The van der Waals surface area contributed by atoms with Crippen molar-refractivity contribution in [2.24, 2.45) is 0 Å². The topological polar surface area (TPSA) is 49.7 Å². The lowest BCUT2D eigenvalue weighted by Gasteiger charge is -1.94. The standard InChI is InChI=1S/C2H8O3Si/c1-2-5-6(3)4/h3-4,6H,2H2,1H3. The highest BCUT2D eigenvalue weighted by Gasteiger charge is 1.95. The third-order valence-corrected chi connectivity index (χ3v) is 0.947. The van der Waals surface area contributed by atoms with E-state index in [9.17, 15) is 0 Å². The van der Waals surface area contributed by atoms with E-state index in [0.717, 1.165) is 0 Å². The van der Waals surface area contributed by atoms with E-state index < -0.39 is 9.53 Å². The molecule has 0 bridgehead atoms. The van der Waals surface area contributed by atoms with Crippen LogP contribution in [0.4, 0.5) is 0 Å². The van der Waals surface area contributed by atoms with Crippen LogP contribution in [0.5, 0.6) is 0 Å². The van der Waals surface area contributed by atoms with Crippen molar-refractivity contribution in [1.29, 1.82) is 0 Å². The van der Waals surface area contributed by atoms with Crippen LogP contribution >= 0.6 is 0 Å². The van der Waals surface area contributed by atoms with E-state index in [0.29, 0.717) is 6.61 Å². The molecular weight excluding hydrogens is 100 g/mol. The molecule has 0 unspecified atom stereocenters. The molecule has 0 atom stereocenters. The fraction of sp³-hybridized carbons (Fsp3) is 1.00. The molecule has 6 heavy (non-hydrogen) atoms. The van der Waals surface area contributed by atoms with Crippen LogP contribution in [0.25, 0.3) is 0 Å². The predicted molar refractivity (Wildman–Crippen MR) is 23.2 cm³/mol. The maximum absolute atomic E-state index is 8.02. The van der Waals surface area contributed by atoms with Gasteiger partial charge in [0.25, 0.3) is 0 Å². The summed E-state index contributed by atoms with van der Waals surface area (Å²) < 4.78 is 4.29. The van der Waals surface area contributed by atoms with Crippen LogP contribution in [0.15, 0.2) is 0 Å². The van der Waals surface area contributed by atoms with Gasteiger partial charge in [-0.05, 0) is 6.92 Å². The van der Waals surface area contributed by atoms with Gasteiger partial charge in [-0.25, -0.2) is 0 Å². The van der Waals surface area contributed by atoms with Gasteiger partial charge in [0.2, 0.25) is 0 Å². The van der Waals surface area contributed by atoms with Crippen LogP contribution in [0.1, 0.15) is 6.92 Å². The van der Waals surface area contributed by atoms with Gasteiger partial charge in [0.15, 0.2) is 0 Å². The fourth-order valence-electron chi connectivity index (χ4n) is 0.149. The van der Waals surface area contributed by atoms with Crippen LogP contribution in [-0.2, 0) is 4.43 Å². The normalized spacial score (nSPS) is 10.0. The molecule has 2 N–H and O–H groups in total. The Balaban J connectivity index is 2.63. The summed E-state index contributed by atoms with van der Waals surface area (Å²) in [5.74, 6) is 0. The zero-order valence-electron chi connectivity index (χ0n) is 3.59. The van der Waals surface area contributed by atoms with Gasteiger partial charge >= 0.3 is 9.53 Å². The summed E-state index contributed by atoms with van der Waals surface area (Å²) in [6, 6.07) is 0. The summed E-state index contributed by atoms with van der Waals surface area (Å²) in [4.78, 5) is 16.0. The van der Waals surface area contributed by atoms with Crippen LogP contribution < -0.4 is 0 Å². The highest BCUT2D eigenvalue weighted by molar-refractivity contribution is 6.32. The third-order valence-electron chi connectivity index (χ3n) is 0.316. The fourth-order valence-corrected chi connectivity index (χ4v) is 0.447. The lowest BCUT2D eigenvalue weighted by atomic mass is 10.9. The smallest absolute Gasteiger partial charge is 0.392 e. The monoisotopic (exact) mass is 108 g/mol. The summed E-state index contributed by atoms with van der Waals surface area (Å²) in [7, 11) is -2.67. The molecular formula is C2H8O3Si. The number of hydrogen-bond donors (Lipinski definition) is 2. The van der Waals surface area contributed by atoms with Gasteiger partial charge in [-0.1, -0.05) is 0 Å². The highest BCUT2D eigenvalue weighted by atomic mass is 28.3. The molecule has 0 aliphatic rings. The Morgan fingerprint density at radius 3 is 2.17 bits per heavy atom. The average Bonchev–Trinajstić information content (AvgIpc) is 1.35. The molecule has 0 aliphatic carbocycles. The van der Waals surface area contributed by atoms with E-state index in [1.165, 1.54) is 0 Å². The molecule has 0 amide bonds. The number of hydrogen-bond acceptors (Lipinski definition) is 3. The Morgan fingerprint density at radius 1 is 1.67 bits per heavy atom. The van der Waals surface area contributed by atoms with Gasteiger partial charge in [-0.3, -0.25) is 0 Å². The van der Waals surface area contributed by atoms with Crippen molar-refractivity contribution in [2.75, 3.05) is 6.61 Å². The molecule has 0 aromatic rings. The summed E-state index contributed by atoms with van der Waals surface area (Å²) in [5, 5.41) is 0. The van der Waals surface area contributed by atoms with E-state index in [1.807, 2.05) is 0 Å². The lowest BCUT2D eigenvalue weighted by Crippen LogP contribution is -2.15. The minimum Gasteiger partial charge on any atom is -0.392 e. The molecule has 38 valence electrons. The molecule has 0 fully saturated rings. The molecule has 0 heterocycles. The Morgan fingerprint density at radius 2 is 2.17 bits per heavy atom. The van der Waals surface area contributed by atoms with Crippen molar-refractivity contribution in [3.63, 3.8) is 0 Å². The first kappa shape index (κ1) is 6.10. The first-order chi connectivity index (χ1) is 2.77. The summed E-state index contributed by atoms with van der Waals surface area (Å²) >= 11 is 0.